The molecule has 0 atom stereocenters. The number of aromatic nitrogens is 4. The fourth-order valence-electron chi connectivity index (χ4n) is 4.90. The molecule has 0 amide bonds. The van der Waals surface area contributed by atoms with Crippen molar-refractivity contribution in [3.8, 4) is 45.4 Å². The molecule has 9 nitrogen and oxygen atoms in total. The average Bonchev–Trinajstić information content (AvgIpc) is 2.95. The molecule has 2 heterocycles. The maximum absolute atomic E-state index is 9.98. The van der Waals surface area contributed by atoms with Crippen LogP contribution in [0.3, 0.4) is 0 Å². The Kier molecular flexibility index (Phi) is 8.21. The molecule has 0 radical (unpaired) electrons. The van der Waals surface area contributed by atoms with Gasteiger partial charge < -0.3 is 25.6 Å². The van der Waals surface area contributed by atoms with Gasteiger partial charge in [0.15, 0.2) is 0 Å². The van der Waals surface area contributed by atoms with Crippen LogP contribution in [0.25, 0.3) is 33.6 Å². The zero-order chi connectivity index (χ0) is 28.4. The van der Waals surface area contributed by atoms with Crippen molar-refractivity contribution in [2.24, 2.45) is 5.73 Å². The van der Waals surface area contributed by atoms with Gasteiger partial charge in [0.1, 0.15) is 11.4 Å². The third kappa shape index (κ3) is 5.61. The minimum atomic E-state index is -0.600. The Bertz CT molecular complexity index is 1540. The van der Waals surface area contributed by atoms with Gasteiger partial charge in [-0.1, -0.05) is 59.6 Å². The van der Waals surface area contributed by atoms with Crippen LogP contribution < -0.4 is 20.5 Å². The van der Waals surface area contributed by atoms with E-state index < -0.39 is 5.60 Å². The minimum absolute atomic E-state index is 0.210. The third-order valence-electron chi connectivity index (χ3n) is 6.97. The summed E-state index contributed by atoms with van der Waals surface area (Å²) >= 11 is 13.9. The molecule has 40 heavy (non-hydrogen) atoms. The number of nitrogens with two attached hydrogens (primary N) is 1. The van der Waals surface area contributed by atoms with Crippen molar-refractivity contribution in [1.29, 1.82) is 0 Å². The van der Waals surface area contributed by atoms with Crippen molar-refractivity contribution in [3.05, 3.63) is 70.2 Å². The summed E-state index contributed by atoms with van der Waals surface area (Å²) in [6.07, 6.45) is 4.71. The van der Waals surface area contributed by atoms with Crippen LogP contribution in [0.4, 0.5) is 0 Å². The summed E-state index contributed by atoms with van der Waals surface area (Å²) in [6, 6.07) is 11.6. The van der Waals surface area contributed by atoms with Crippen molar-refractivity contribution in [2.45, 2.75) is 44.5 Å². The van der Waals surface area contributed by atoms with E-state index in [0.717, 1.165) is 11.1 Å². The van der Waals surface area contributed by atoms with Crippen molar-refractivity contribution in [3.63, 3.8) is 0 Å². The zero-order valence-electron chi connectivity index (χ0n) is 22.4. The molecular weight excluding hydrogens is 551 g/mol. The topological polar surface area (TPSA) is 128 Å². The molecule has 208 valence electrons. The quantitative estimate of drug-likeness (QED) is 0.249. The van der Waals surface area contributed by atoms with Gasteiger partial charge in [-0.2, -0.15) is 0 Å². The van der Waals surface area contributed by atoms with E-state index in [2.05, 4.69) is 20.3 Å². The van der Waals surface area contributed by atoms with Crippen LogP contribution >= 0.6 is 23.2 Å². The molecule has 2 aromatic carbocycles. The summed E-state index contributed by atoms with van der Waals surface area (Å²) in [5.41, 5.74) is 10.3. The highest BCUT2D eigenvalue weighted by Gasteiger charge is 2.38. The number of benzene rings is 2. The van der Waals surface area contributed by atoms with Crippen LogP contribution in [0.15, 0.2) is 48.8 Å². The smallest absolute Gasteiger partial charge is 0.237 e. The van der Waals surface area contributed by atoms with E-state index in [1.54, 1.807) is 19.5 Å². The van der Waals surface area contributed by atoms with E-state index in [4.69, 9.17) is 43.4 Å². The van der Waals surface area contributed by atoms with Gasteiger partial charge in [0.05, 0.1) is 53.6 Å². The standard InChI is InChI=1S/C29H30Cl2N6O3/c1-29(38)10-16(11-29)33-15-24-28(40-3)37-23(14-35-24)20-9-5-7-18(26(20)31)17-6-4-8-19(25(17)30)22-13-34-21(12-32)27(36-22)39-2/h4-9,13-14,16,33,38H,10-12,15,32H2,1-3H3/t16-,29+. The Morgan fingerprint density at radius 1 is 0.875 bits per heavy atom. The number of ether oxygens (including phenoxy) is 2. The number of hydrogen-bond donors (Lipinski definition) is 3. The average molecular weight is 582 g/mol. The molecule has 1 aliphatic carbocycles. The highest BCUT2D eigenvalue weighted by molar-refractivity contribution is 6.39. The number of nitrogens with one attached hydrogen (secondary N) is 1. The summed E-state index contributed by atoms with van der Waals surface area (Å²) in [5.74, 6) is 0.762. The Morgan fingerprint density at radius 2 is 1.35 bits per heavy atom. The van der Waals surface area contributed by atoms with Crippen molar-refractivity contribution < 1.29 is 14.6 Å². The Labute approximate surface area is 242 Å². The molecule has 0 aliphatic heterocycles. The first-order valence-electron chi connectivity index (χ1n) is 12.8. The van der Waals surface area contributed by atoms with E-state index in [-0.39, 0.29) is 12.6 Å². The van der Waals surface area contributed by atoms with Crippen molar-refractivity contribution in [2.75, 3.05) is 14.2 Å². The lowest BCUT2D eigenvalue weighted by Crippen LogP contribution is -2.51. The van der Waals surface area contributed by atoms with Crippen LogP contribution in [0.5, 0.6) is 11.8 Å². The normalized spacial score (nSPS) is 18.3. The second-order valence-corrected chi connectivity index (χ2v) is 10.7. The summed E-state index contributed by atoms with van der Waals surface area (Å²) in [6.45, 7) is 2.53. The van der Waals surface area contributed by atoms with Gasteiger partial charge in [0.25, 0.3) is 0 Å². The summed E-state index contributed by atoms with van der Waals surface area (Å²) in [7, 11) is 3.09. The molecule has 0 unspecified atom stereocenters. The largest absolute Gasteiger partial charge is 0.480 e. The summed E-state index contributed by atoms with van der Waals surface area (Å²) in [5, 5.41) is 14.3. The second kappa shape index (κ2) is 11.6. The van der Waals surface area contributed by atoms with Gasteiger partial charge >= 0.3 is 0 Å². The summed E-state index contributed by atoms with van der Waals surface area (Å²) in [4.78, 5) is 18.2. The SMILES string of the molecule is COc1nc(-c2cccc(-c3cccc(-c4cnc(CN[C@H]5C[C@@](C)(O)C5)c(OC)n4)c3Cl)c2Cl)cnc1CN. The van der Waals surface area contributed by atoms with E-state index >= 15 is 0 Å². The predicted molar refractivity (Wildman–Crippen MR) is 155 cm³/mol. The lowest BCUT2D eigenvalue weighted by atomic mass is 9.77. The lowest BCUT2D eigenvalue weighted by molar-refractivity contribution is -0.0394. The maximum atomic E-state index is 9.98. The number of methoxy groups -OCH3 is 2. The van der Waals surface area contributed by atoms with E-state index in [1.807, 2.05) is 43.3 Å². The molecule has 0 spiro atoms. The monoisotopic (exact) mass is 580 g/mol. The van der Waals surface area contributed by atoms with Gasteiger partial charge in [-0.05, 0) is 19.8 Å². The van der Waals surface area contributed by atoms with Gasteiger partial charge in [0, 0.05) is 41.4 Å². The van der Waals surface area contributed by atoms with Crippen LogP contribution in [0, 0.1) is 0 Å². The first-order valence-corrected chi connectivity index (χ1v) is 13.5. The predicted octanol–water partition coefficient (Wildman–Crippen LogP) is 5.05. The first-order chi connectivity index (χ1) is 19.2. The molecule has 4 N–H and O–H groups in total. The molecule has 0 bridgehead atoms. The lowest BCUT2D eigenvalue weighted by Gasteiger charge is -2.41. The van der Waals surface area contributed by atoms with Crippen LogP contribution in [0.2, 0.25) is 10.0 Å². The van der Waals surface area contributed by atoms with Crippen molar-refractivity contribution in [1.82, 2.24) is 25.3 Å². The molecule has 11 heteroatoms. The molecule has 4 aromatic rings. The zero-order valence-corrected chi connectivity index (χ0v) is 23.9. The number of hydrogen-bond acceptors (Lipinski definition) is 9. The third-order valence-corrected chi connectivity index (χ3v) is 7.79. The number of nitrogens with zero attached hydrogens (tertiary/aromatic N) is 4. The Balaban J connectivity index is 1.46. The van der Waals surface area contributed by atoms with Crippen LogP contribution in [0.1, 0.15) is 31.2 Å². The minimum Gasteiger partial charge on any atom is -0.480 e. The van der Waals surface area contributed by atoms with Gasteiger partial charge in [-0.15, -0.1) is 0 Å². The number of rotatable bonds is 9. The number of halogens is 2. The molecule has 1 saturated carbocycles. The summed E-state index contributed by atoms with van der Waals surface area (Å²) < 4.78 is 10.9. The molecule has 0 saturated heterocycles. The van der Waals surface area contributed by atoms with Gasteiger partial charge in [-0.25, -0.2) is 9.97 Å². The maximum Gasteiger partial charge on any atom is 0.237 e. The Morgan fingerprint density at radius 3 is 1.82 bits per heavy atom. The van der Waals surface area contributed by atoms with E-state index in [0.29, 0.717) is 75.1 Å². The van der Waals surface area contributed by atoms with E-state index in [9.17, 15) is 5.11 Å². The van der Waals surface area contributed by atoms with Gasteiger partial charge in [0.2, 0.25) is 11.8 Å². The highest BCUT2D eigenvalue weighted by Crippen LogP contribution is 2.42. The molecule has 1 fully saturated rings. The fourth-order valence-corrected chi connectivity index (χ4v) is 5.55. The Hall–Kier alpha value is -3.34. The van der Waals surface area contributed by atoms with Crippen LogP contribution in [-0.2, 0) is 13.1 Å². The fraction of sp³-hybridized carbons (Fsp3) is 0.310. The molecule has 2 aromatic heterocycles. The second-order valence-electron chi connectivity index (χ2n) is 9.94. The molecule has 5 rings (SSSR count). The first kappa shape index (κ1) is 28.2. The van der Waals surface area contributed by atoms with E-state index in [1.165, 1.54) is 7.11 Å². The van der Waals surface area contributed by atoms with Crippen molar-refractivity contribution >= 4 is 23.2 Å². The van der Waals surface area contributed by atoms with Crippen LogP contribution in [-0.4, -0.2) is 50.9 Å². The molecular formula is C29H30Cl2N6O3. The van der Waals surface area contributed by atoms with Gasteiger partial charge in [-0.3, -0.25) is 9.97 Å². The number of aliphatic hydroxyl groups is 1. The highest BCUT2D eigenvalue weighted by atomic mass is 35.5. The molecule has 1 aliphatic rings.